The minimum Gasteiger partial charge on any atom is -0.324 e. The maximum absolute atomic E-state index is 10.9. The van der Waals surface area contributed by atoms with E-state index in [0.29, 0.717) is 23.7 Å². The first-order valence-electron chi connectivity index (χ1n) is 5.98. The molecule has 1 heterocycles. The fourth-order valence-electron chi connectivity index (χ4n) is 1.81. The van der Waals surface area contributed by atoms with Gasteiger partial charge in [-0.25, -0.2) is 0 Å². The van der Waals surface area contributed by atoms with Gasteiger partial charge < -0.3 is 10.3 Å². The molecule has 0 radical (unpaired) electrons. The zero-order valence-corrected chi connectivity index (χ0v) is 12.1. The molecular formula is C12H15N5O2S. The lowest BCUT2D eigenvalue weighted by molar-refractivity contribution is -0.385. The normalized spacial score (nSPS) is 10.8. The molecule has 0 bridgehead atoms. The van der Waals surface area contributed by atoms with Gasteiger partial charge in [0.15, 0.2) is 5.16 Å². The van der Waals surface area contributed by atoms with Crippen LogP contribution in [0.2, 0.25) is 0 Å². The summed E-state index contributed by atoms with van der Waals surface area (Å²) in [5, 5.41) is 19.7. The van der Waals surface area contributed by atoms with E-state index in [1.165, 1.54) is 17.8 Å². The number of nitrogens with zero attached hydrogens (tertiary/aromatic N) is 4. The number of hydrogen-bond acceptors (Lipinski definition) is 6. The number of nitro groups is 1. The Balaban J connectivity index is 2.17. The number of thioether (sulfide) groups is 1. The van der Waals surface area contributed by atoms with Crippen LogP contribution in [0.3, 0.4) is 0 Å². The number of nitrogens with two attached hydrogens (primary N) is 1. The van der Waals surface area contributed by atoms with E-state index >= 15 is 0 Å². The molecule has 20 heavy (non-hydrogen) atoms. The highest BCUT2D eigenvalue weighted by Gasteiger charge is 2.14. The molecule has 1 aromatic carbocycles. The minimum atomic E-state index is -0.363. The Morgan fingerprint density at radius 3 is 2.80 bits per heavy atom. The van der Waals surface area contributed by atoms with Gasteiger partial charge in [0.05, 0.1) is 11.5 Å². The van der Waals surface area contributed by atoms with Gasteiger partial charge in [0.1, 0.15) is 5.82 Å². The Hall–Kier alpha value is -1.93. The van der Waals surface area contributed by atoms with E-state index in [4.69, 9.17) is 5.73 Å². The number of nitro benzene ring substituents is 1. The molecule has 0 atom stereocenters. The largest absolute Gasteiger partial charge is 0.324 e. The van der Waals surface area contributed by atoms with Crippen molar-refractivity contribution in [1.29, 1.82) is 0 Å². The van der Waals surface area contributed by atoms with Gasteiger partial charge in [-0.2, -0.15) is 0 Å². The molecule has 2 aromatic rings. The molecule has 8 heteroatoms. The molecule has 106 valence electrons. The molecule has 0 spiro atoms. The van der Waals surface area contributed by atoms with Crippen LogP contribution < -0.4 is 5.73 Å². The van der Waals surface area contributed by atoms with Crippen molar-refractivity contribution < 1.29 is 4.92 Å². The van der Waals surface area contributed by atoms with Crippen molar-refractivity contribution in [2.24, 2.45) is 12.8 Å². The van der Waals surface area contributed by atoms with Gasteiger partial charge in [-0.15, -0.1) is 10.2 Å². The summed E-state index contributed by atoms with van der Waals surface area (Å²) >= 11 is 1.48. The third kappa shape index (κ3) is 2.81. The molecule has 0 aliphatic rings. The van der Waals surface area contributed by atoms with Gasteiger partial charge >= 0.3 is 0 Å². The lowest BCUT2D eigenvalue weighted by atomic mass is 10.1. The van der Waals surface area contributed by atoms with Crippen LogP contribution >= 0.6 is 11.8 Å². The molecule has 0 fully saturated rings. The van der Waals surface area contributed by atoms with E-state index in [1.54, 1.807) is 13.0 Å². The highest BCUT2D eigenvalue weighted by atomic mass is 32.2. The number of hydrogen-bond donors (Lipinski definition) is 1. The lowest BCUT2D eigenvalue weighted by Crippen LogP contribution is -2.05. The monoisotopic (exact) mass is 293 g/mol. The van der Waals surface area contributed by atoms with E-state index in [2.05, 4.69) is 10.2 Å². The maximum Gasteiger partial charge on any atom is 0.272 e. The molecule has 0 saturated heterocycles. The van der Waals surface area contributed by atoms with E-state index in [1.807, 2.05) is 17.7 Å². The summed E-state index contributed by atoms with van der Waals surface area (Å²) in [6, 6.07) is 5.09. The van der Waals surface area contributed by atoms with Gasteiger partial charge in [0.2, 0.25) is 0 Å². The second kappa shape index (κ2) is 6.02. The van der Waals surface area contributed by atoms with Crippen LogP contribution in [-0.4, -0.2) is 19.7 Å². The Labute approximate surface area is 120 Å². The highest BCUT2D eigenvalue weighted by Crippen LogP contribution is 2.27. The molecule has 2 N–H and O–H groups in total. The first-order chi connectivity index (χ1) is 9.54. The summed E-state index contributed by atoms with van der Waals surface area (Å²) in [6.45, 7) is 2.09. The summed E-state index contributed by atoms with van der Waals surface area (Å²) in [6.07, 6.45) is 0. The standard InChI is InChI=1S/C12H15N5O2S/c1-8-9(4-3-5-10(8)17(18)19)7-20-12-15-14-11(6-13)16(12)2/h3-5H,6-7,13H2,1-2H3. The molecule has 0 amide bonds. The lowest BCUT2D eigenvalue weighted by Gasteiger charge is -2.06. The van der Waals surface area contributed by atoms with Crippen LogP contribution in [0.4, 0.5) is 5.69 Å². The maximum atomic E-state index is 10.9. The van der Waals surface area contributed by atoms with Crippen LogP contribution in [0.5, 0.6) is 0 Å². The van der Waals surface area contributed by atoms with Gasteiger partial charge in [-0.05, 0) is 12.5 Å². The van der Waals surface area contributed by atoms with Crippen molar-refractivity contribution in [3.8, 4) is 0 Å². The van der Waals surface area contributed by atoms with Gasteiger partial charge in [-0.1, -0.05) is 23.9 Å². The van der Waals surface area contributed by atoms with E-state index < -0.39 is 0 Å². The predicted octanol–water partition coefficient (Wildman–Crippen LogP) is 1.78. The Morgan fingerprint density at radius 2 is 2.20 bits per heavy atom. The van der Waals surface area contributed by atoms with Crippen LogP contribution in [-0.2, 0) is 19.3 Å². The van der Waals surface area contributed by atoms with E-state index in [9.17, 15) is 10.1 Å². The summed E-state index contributed by atoms with van der Waals surface area (Å²) in [7, 11) is 1.85. The Morgan fingerprint density at radius 1 is 1.45 bits per heavy atom. The third-order valence-corrected chi connectivity index (χ3v) is 4.15. The second-order valence-electron chi connectivity index (χ2n) is 4.27. The Bertz CT molecular complexity index is 641. The number of benzene rings is 1. The summed E-state index contributed by atoms with van der Waals surface area (Å²) in [5.74, 6) is 1.31. The minimum absolute atomic E-state index is 0.142. The third-order valence-electron chi connectivity index (χ3n) is 3.08. The smallest absolute Gasteiger partial charge is 0.272 e. The van der Waals surface area contributed by atoms with E-state index in [-0.39, 0.29) is 10.6 Å². The SMILES string of the molecule is Cc1c(CSc2nnc(CN)n2C)cccc1[N+](=O)[O-]. The average molecular weight is 293 g/mol. The van der Waals surface area contributed by atoms with Gasteiger partial charge in [0.25, 0.3) is 5.69 Å². The van der Waals surface area contributed by atoms with Crippen molar-refractivity contribution in [3.05, 3.63) is 45.3 Å². The molecule has 0 saturated carbocycles. The zero-order chi connectivity index (χ0) is 14.7. The van der Waals surface area contributed by atoms with Gasteiger partial charge in [-0.3, -0.25) is 10.1 Å². The predicted molar refractivity (Wildman–Crippen MR) is 76.3 cm³/mol. The Kier molecular flexibility index (Phi) is 4.35. The van der Waals surface area contributed by atoms with Crippen LogP contribution in [0.15, 0.2) is 23.4 Å². The van der Waals surface area contributed by atoms with Crippen molar-refractivity contribution in [3.63, 3.8) is 0 Å². The fraction of sp³-hybridized carbons (Fsp3) is 0.333. The number of aromatic nitrogens is 3. The molecule has 7 nitrogen and oxygen atoms in total. The molecule has 0 aliphatic carbocycles. The first kappa shape index (κ1) is 14.5. The zero-order valence-electron chi connectivity index (χ0n) is 11.2. The fourth-order valence-corrected chi connectivity index (χ4v) is 2.81. The van der Waals surface area contributed by atoms with Crippen LogP contribution in [0, 0.1) is 17.0 Å². The van der Waals surface area contributed by atoms with Crippen molar-refractivity contribution >= 4 is 17.4 Å². The summed E-state index contributed by atoms with van der Waals surface area (Å²) in [5.41, 5.74) is 7.29. The van der Waals surface area contributed by atoms with Crippen LogP contribution in [0.1, 0.15) is 17.0 Å². The molecular weight excluding hydrogens is 278 g/mol. The van der Waals surface area contributed by atoms with E-state index in [0.717, 1.165) is 10.7 Å². The topological polar surface area (TPSA) is 99.9 Å². The molecule has 2 rings (SSSR count). The summed E-state index contributed by atoms with van der Waals surface area (Å²) < 4.78 is 1.83. The number of rotatable bonds is 5. The first-order valence-corrected chi connectivity index (χ1v) is 6.97. The quantitative estimate of drug-likeness (QED) is 0.512. The summed E-state index contributed by atoms with van der Waals surface area (Å²) in [4.78, 5) is 10.5. The average Bonchev–Trinajstić information content (AvgIpc) is 2.78. The van der Waals surface area contributed by atoms with Crippen molar-refractivity contribution in [1.82, 2.24) is 14.8 Å². The van der Waals surface area contributed by atoms with Crippen LogP contribution in [0.25, 0.3) is 0 Å². The molecule has 1 aromatic heterocycles. The van der Waals surface area contributed by atoms with Gasteiger partial charge in [0, 0.05) is 24.4 Å². The van der Waals surface area contributed by atoms with Crippen molar-refractivity contribution in [2.75, 3.05) is 0 Å². The second-order valence-corrected chi connectivity index (χ2v) is 5.21. The highest BCUT2D eigenvalue weighted by molar-refractivity contribution is 7.98. The molecule has 0 unspecified atom stereocenters. The molecule has 0 aliphatic heterocycles. The van der Waals surface area contributed by atoms with Crippen molar-refractivity contribution in [2.45, 2.75) is 24.4 Å².